The molecule has 1 saturated carbocycles. The molecule has 3 aliphatic rings. The van der Waals surface area contributed by atoms with Gasteiger partial charge < -0.3 is 14.2 Å². The van der Waals surface area contributed by atoms with E-state index in [-0.39, 0.29) is 24.1 Å². The summed E-state index contributed by atoms with van der Waals surface area (Å²) in [6.07, 6.45) is 6.96. The van der Waals surface area contributed by atoms with Crippen molar-refractivity contribution in [3.63, 3.8) is 0 Å². The molecule has 2 heterocycles. The first-order valence-electron chi connectivity index (χ1n) is 7.85. The van der Waals surface area contributed by atoms with Crippen LogP contribution in [0.15, 0.2) is 18.2 Å². The van der Waals surface area contributed by atoms with Crippen LogP contribution in [0.1, 0.15) is 48.9 Å². The minimum Gasteiger partial charge on any atom is -0.490 e. The fourth-order valence-corrected chi connectivity index (χ4v) is 3.79. The van der Waals surface area contributed by atoms with E-state index in [9.17, 15) is 4.79 Å². The van der Waals surface area contributed by atoms with E-state index in [1.165, 1.54) is 12.8 Å². The number of carbonyl (C=O) groups is 1. The molecule has 0 bridgehead atoms. The molecule has 2 aliphatic heterocycles. The standard InChI is InChI=1S/C17H20O4/c18-15-11-19-16-9-12(3-4-14(15)16)21-13-5-8-20-17(10-13)6-1-2-7-17/h3-4,9,13H,1-2,5-8,10-11H2. The highest BCUT2D eigenvalue weighted by Crippen LogP contribution is 2.41. The van der Waals surface area contributed by atoms with E-state index in [0.29, 0.717) is 11.3 Å². The molecule has 1 aliphatic carbocycles. The molecule has 1 atom stereocenters. The average Bonchev–Trinajstić information content (AvgIpc) is 3.07. The quantitative estimate of drug-likeness (QED) is 0.838. The summed E-state index contributed by atoms with van der Waals surface area (Å²) in [5.41, 5.74) is 0.730. The summed E-state index contributed by atoms with van der Waals surface area (Å²) in [7, 11) is 0. The number of ketones is 1. The van der Waals surface area contributed by atoms with Gasteiger partial charge in [-0.3, -0.25) is 4.79 Å². The highest BCUT2D eigenvalue weighted by Gasteiger charge is 2.40. The van der Waals surface area contributed by atoms with Crippen molar-refractivity contribution >= 4 is 5.78 Å². The second-order valence-corrected chi connectivity index (χ2v) is 6.34. The third-order valence-electron chi connectivity index (χ3n) is 4.88. The smallest absolute Gasteiger partial charge is 0.203 e. The Kier molecular flexibility index (Phi) is 3.14. The molecule has 1 aromatic carbocycles. The lowest BCUT2D eigenvalue weighted by atomic mass is 9.90. The Labute approximate surface area is 124 Å². The molecule has 1 spiro atoms. The van der Waals surface area contributed by atoms with E-state index >= 15 is 0 Å². The van der Waals surface area contributed by atoms with Gasteiger partial charge in [-0.05, 0) is 25.0 Å². The number of carbonyl (C=O) groups excluding carboxylic acids is 1. The summed E-state index contributed by atoms with van der Waals surface area (Å²) in [5, 5.41) is 0. The van der Waals surface area contributed by atoms with Crippen LogP contribution in [0.3, 0.4) is 0 Å². The summed E-state index contributed by atoms with van der Waals surface area (Å²) in [6, 6.07) is 5.53. The van der Waals surface area contributed by atoms with Gasteiger partial charge >= 0.3 is 0 Å². The first-order valence-corrected chi connectivity index (χ1v) is 7.85. The molecule has 2 fully saturated rings. The average molecular weight is 288 g/mol. The molecule has 1 unspecified atom stereocenters. The van der Waals surface area contributed by atoms with Gasteiger partial charge in [0.1, 0.15) is 17.6 Å². The maximum atomic E-state index is 11.6. The number of hydrogen-bond donors (Lipinski definition) is 0. The largest absolute Gasteiger partial charge is 0.490 e. The number of fused-ring (bicyclic) bond motifs is 1. The fourth-order valence-electron chi connectivity index (χ4n) is 3.79. The third-order valence-corrected chi connectivity index (χ3v) is 4.88. The first-order chi connectivity index (χ1) is 10.2. The van der Waals surface area contributed by atoms with Gasteiger partial charge in [-0.1, -0.05) is 12.8 Å². The van der Waals surface area contributed by atoms with E-state index in [1.54, 1.807) is 0 Å². The lowest BCUT2D eigenvalue weighted by Crippen LogP contribution is -2.41. The zero-order valence-electron chi connectivity index (χ0n) is 12.1. The number of hydrogen-bond acceptors (Lipinski definition) is 4. The van der Waals surface area contributed by atoms with Crippen molar-refractivity contribution in [3.05, 3.63) is 23.8 Å². The van der Waals surface area contributed by atoms with Gasteiger partial charge in [0.15, 0.2) is 6.61 Å². The van der Waals surface area contributed by atoms with Crippen molar-refractivity contribution < 1.29 is 19.0 Å². The minimum absolute atomic E-state index is 0.0486. The summed E-state index contributed by atoms with van der Waals surface area (Å²) in [4.78, 5) is 11.6. The SMILES string of the molecule is O=C1COc2cc(OC3CCOC4(CCCC4)C3)ccc21. The Balaban J connectivity index is 1.47. The minimum atomic E-state index is 0.0486. The number of rotatable bonds is 2. The molecule has 0 radical (unpaired) electrons. The van der Waals surface area contributed by atoms with Crippen LogP contribution in [-0.4, -0.2) is 30.7 Å². The molecule has 4 rings (SSSR count). The first kappa shape index (κ1) is 13.1. The number of ether oxygens (including phenoxy) is 3. The third kappa shape index (κ3) is 2.42. The van der Waals surface area contributed by atoms with Crippen molar-refractivity contribution in [1.29, 1.82) is 0 Å². The van der Waals surface area contributed by atoms with Gasteiger partial charge in [-0.25, -0.2) is 0 Å². The van der Waals surface area contributed by atoms with Crippen LogP contribution >= 0.6 is 0 Å². The topological polar surface area (TPSA) is 44.8 Å². The van der Waals surface area contributed by atoms with E-state index in [4.69, 9.17) is 14.2 Å². The lowest BCUT2D eigenvalue weighted by Gasteiger charge is -2.38. The summed E-state index contributed by atoms with van der Waals surface area (Å²) >= 11 is 0. The van der Waals surface area contributed by atoms with Crippen molar-refractivity contribution in [2.75, 3.05) is 13.2 Å². The van der Waals surface area contributed by atoms with E-state index in [1.807, 2.05) is 18.2 Å². The predicted molar refractivity (Wildman–Crippen MR) is 77.1 cm³/mol. The molecule has 1 aromatic rings. The van der Waals surface area contributed by atoms with Crippen molar-refractivity contribution in [2.24, 2.45) is 0 Å². The van der Waals surface area contributed by atoms with Crippen LogP contribution in [0.25, 0.3) is 0 Å². The van der Waals surface area contributed by atoms with Crippen LogP contribution < -0.4 is 9.47 Å². The van der Waals surface area contributed by atoms with Gasteiger partial charge in [-0.15, -0.1) is 0 Å². The van der Waals surface area contributed by atoms with Crippen molar-refractivity contribution in [3.8, 4) is 11.5 Å². The normalized spacial score (nSPS) is 26.7. The molecule has 0 aromatic heterocycles. The zero-order valence-corrected chi connectivity index (χ0v) is 12.1. The molecule has 4 nitrogen and oxygen atoms in total. The Morgan fingerprint density at radius 3 is 2.95 bits per heavy atom. The maximum Gasteiger partial charge on any atom is 0.203 e. The zero-order chi connectivity index (χ0) is 14.3. The van der Waals surface area contributed by atoms with Crippen molar-refractivity contribution in [1.82, 2.24) is 0 Å². The summed E-state index contributed by atoms with van der Waals surface area (Å²) in [6.45, 7) is 0.934. The van der Waals surface area contributed by atoms with E-state index < -0.39 is 0 Å². The Bertz CT molecular complexity index is 560. The molecular weight excluding hydrogens is 268 g/mol. The summed E-state index contributed by atoms with van der Waals surface area (Å²) in [5.74, 6) is 1.50. The molecule has 1 saturated heterocycles. The number of benzene rings is 1. The second-order valence-electron chi connectivity index (χ2n) is 6.34. The van der Waals surface area contributed by atoms with Crippen LogP contribution in [0.4, 0.5) is 0 Å². The van der Waals surface area contributed by atoms with E-state index in [0.717, 1.165) is 38.0 Å². The monoisotopic (exact) mass is 288 g/mol. The highest BCUT2D eigenvalue weighted by atomic mass is 16.5. The van der Waals surface area contributed by atoms with Crippen LogP contribution in [-0.2, 0) is 4.74 Å². The van der Waals surface area contributed by atoms with Gasteiger partial charge in [-0.2, -0.15) is 0 Å². The molecular formula is C17H20O4. The molecule has 21 heavy (non-hydrogen) atoms. The maximum absolute atomic E-state index is 11.6. The molecule has 0 N–H and O–H groups in total. The molecule has 4 heteroatoms. The summed E-state index contributed by atoms with van der Waals surface area (Å²) < 4.78 is 17.5. The fraction of sp³-hybridized carbons (Fsp3) is 0.588. The molecule has 0 amide bonds. The lowest BCUT2D eigenvalue weighted by molar-refractivity contribution is -0.108. The Morgan fingerprint density at radius 1 is 1.24 bits per heavy atom. The second kappa shape index (κ2) is 5.02. The highest BCUT2D eigenvalue weighted by molar-refractivity contribution is 6.02. The molecule has 112 valence electrons. The predicted octanol–water partition coefficient (Wildman–Crippen LogP) is 3.13. The van der Waals surface area contributed by atoms with Gasteiger partial charge in [0.2, 0.25) is 5.78 Å². The van der Waals surface area contributed by atoms with Crippen LogP contribution in [0.2, 0.25) is 0 Å². The Morgan fingerprint density at radius 2 is 2.10 bits per heavy atom. The van der Waals surface area contributed by atoms with Crippen LogP contribution in [0, 0.1) is 0 Å². The van der Waals surface area contributed by atoms with Gasteiger partial charge in [0, 0.05) is 18.9 Å². The van der Waals surface area contributed by atoms with Crippen LogP contribution in [0.5, 0.6) is 11.5 Å². The van der Waals surface area contributed by atoms with Gasteiger partial charge in [0.25, 0.3) is 0 Å². The Hall–Kier alpha value is -1.55. The van der Waals surface area contributed by atoms with E-state index in [2.05, 4.69) is 0 Å². The van der Waals surface area contributed by atoms with Gasteiger partial charge in [0.05, 0.1) is 17.8 Å². The number of Topliss-reactive ketones (excluding diaryl/α,β-unsaturated/α-hetero) is 1. The van der Waals surface area contributed by atoms with Crippen molar-refractivity contribution in [2.45, 2.75) is 50.2 Å².